The number of hydrogen-bond donors (Lipinski definition) is 1. The van der Waals surface area contributed by atoms with Crippen molar-refractivity contribution in [3.8, 4) is 11.1 Å². The molecule has 2 aliphatic carbocycles. The monoisotopic (exact) mass is 198 g/mol. The maximum absolute atomic E-state index is 10.7. The second kappa shape index (κ2) is 5.57. The van der Waals surface area contributed by atoms with Gasteiger partial charge in [-0.2, -0.15) is 0 Å². The Balaban J connectivity index is 0.000000980. The van der Waals surface area contributed by atoms with Crippen LogP contribution in [0.4, 0.5) is 0 Å². The van der Waals surface area contributed by atoms with E-state index < -0.39 is 5.97 Å². The van der Waals surface area contributed by atoms with E-state index >= 15 is 0 Å². The molecule has 0 saturated carbocycles. The molecule has 0 aromatic rings. The zero-order chi connectivity index (χ0) is 9.26. The van der Waals surface area contributed by atoms with Gasteiger partial charge in [0.15, 0.2) is 0 Å². The van der Waals surface area contributed by atoms with Gasteiger partial charge in [-0.15, -0.1) is 0 Å². The topological polar surface area (TPSA) is 68.8 Å². The Labute approximate surface area is 99.6 Å². The van der Waals surface area contributed by atoms with Gasteiger partial charge in [0.1, 0.15) is 0 Å². The molecule has 3 N–H and O–H groups in total. The van der Waals surface area contributed by atoms with Crippen molar-refractivity contribution >= 4 is 24.8 Å². The molecule has 0 aliphatic heterocycles. The van der Waals surface area contributed by atoms with E-state index in [-0.39, 0.29) is 24.3 Å². The summed E-state index contributed by atoms with van der Waals surface area (Å²) in [4.78, 5) is 10.7. The van der Waals surface area contributed by atoms with E-state index in [1.807, 2.05) is 24.3 Å². The SMILES string of the molecule is O.O=C(O)c1cccc2cccc-2c1.[LiH]. The molecule has 0 unspecified atom stereocenters. The number of aromatic carboxylic acids is 1. The summed E-state index contributed by atoms with van der Waals surface area (Å²) in [7, 11) is 0. The van der Waals surface area contributed by atoms with Crippen LogP contribution in [0.3, 0.4) is 0 Å². The van der Waals surface area contributed by atoms with Gasteiger partial charge in [-0.3, -0.25) is 0 Å². The molecular weight excluding hydrogens is 187 g/mol. The third-order valence-corrected chi connectivity index (χ3v) is 1.99. The fourth-order valence-electron chi connectivity index (χ4n) is 1.34. The second-order valence-corrected chi connectivity index (χ2v) is 2.87. The zero-order valence-electron chi connectivity index (χ0n) is 7.40. The molecule has 3 nitrogen and oxygen atoms in total. The third kappa shape index (κ3) is 2.84. The molecule has 2 rings (SSSR count). The predicted molar refractivity (Wildman–Crippen MR) is 60.8 cm³/mol. The molecule has 74 valence electrons. The van der Waals surface area contributed by atoms with Gasteiger partial charge in [-0.25, -0.2) is 4.79 Å². The first kappa shape index (κ1) is 13.7. The van der Waals surface area contributed by atoms with Crippen molar-refractivity contribution < 1.29 is 15.4 Å². The van der Waals surface area contributed by atoms with Crippen molar-refractivity contribution in [3.63, 3.8) is 0 Å². The van der Waals surface area contributed by atoms with E-state index in [1.165, 1.54) is 0 Å². The molecule has 0 fully saturated rings. The first-order valence-electron chi connectivity index (χ1n) is 3.99. The fourth-order valence-corrected chi connectivity index (χ4v) is 1.34. The van der Waals surface area contributed by atoms with Crippen molar-refractivity contribution in [2.24, 2.45) is 0 Å². The average Bonchev–Trinajstić information content (AvgIpc) is 2.42. The fraction of sp³-hybridized carbons (Fsp3) is 0. The normalized spacial score (nSPS) is 8.80. The molecule has 0 amide bonds. The first-order valence-corrected chi connectivity index (χ1v) is 3.99. The zero-order valence-corrected chi connectivity index (χ0v) is 7.40. The Morgan fingerprint density at radius 1 is 1.00 bits per heavy atom. The van der Waals surface area contributed by atoms with Gasteiger partial charge in [0.2, 0.25) is 0 Å². The van der Waals surface area contributed by atoms with E-state index in [2.05, 4.69) is 0 Å². The Bertz CT molecular complexity index is 428. The van der Waals surface area contributed by atoms with Crippen LogP contribution in [0.2, 0.25) is 0 Å². The first-order chi connectivity index (χ1) is 6.27. The molecule has 4 heteroatoms. The summed E-state index contributed by atoms with van der Waals surface area (Å²) < 4.78 is 0. The van der Waals surface area contributed by atoms with Crippen LogP contribution >= 0.6 is 0 Å². The van der Waals surface area contributed by atoms with Gasteiger partial charge in [0.05, 0.1) is 5.56 Å². The average molecular weight is 198 g/mol. The van der Waals surface area contributed by atoms with Crippen LogP contribution < -0.4 is 0 Å². The van der Waals surface area contributed by atoms with Crippen LogP contribution in [0.1, 0.15) is 10.4 Å². The molecule has 0 saturated heterocycles. The number of fused-ring (bicyclic) bond motifs is 1. The van der Waals surface area contributed by atoms with Crippen LogP contribution in [0.15, 0.2) is 42.5 Å². The number of hydrogen-bond acceptors (Lipinski definition) is 1. The van der Waals surface area contributed by atoms with Crippen molar-refractivity contribution in [2.45, 2.75) is 0 Å². The summed E-state index contributed by atoms with van der Waals surface area (Å²) in [5.74, 6) is -0.890. The molecule has 0 bridgehead atoms. The minimum absolute atomic E-state index is 0. The summed E-state index contributed by atoms with van der Waals surface area (Å²) in [5, 5.41) is 8.79. The van der Waals surface area contributed by atoms with Crippen molar-refractivity contribution in [1.29, 1.82) is 0 Å². The third-order valence-electron chi connectivity index (χ3n) is 1.99. The maximum atomic E-state index is 10.7. The van der Waals surface area contributed by atoms with E-state index in [4.69, 9.17) is 5.11 Å². The predicted octanol–water partition coefficient (Wildman–Crippen LogP) is 1.02. The molecule has 0 aromatic heterocycles. The molecule has 2 aliphatic rings. The Morgan fingerprint density at radius 3 is 2.13 bits per heavy atom. The minimum atomic E-state index is -0.890. The summed E-state index contributed by atoms with van der Waals surface area (Å²) in [5.41, 5.74) is 2.34. The number of carboxylic acids is 1. The molecule has 0 radical (unpaired) electrons. The summed E-state index contributed by atoms with van der Waals surface area (Å²) in [6.07, 6.45) is 0. The van der Waals surface area contributed by atoms with Crippen LogP contribution in [-0.2, 0) is 0 Å². The molecule has 0 atom stereocenters. The van der Waals surface area contributed by atoms with E-state index in [1.54, 1.807) is 18.2 Å². The molecule has 0 aromatic carbocycles. The second-order valence-electron chi connectivity index (χ2n) is 2.87. The van der Waals surface area contributed by atoms with E-state index in [0.29, 0.717) is 5.56 Å². The Kier molecular flexibility index (Phi) is 5.10. The van der Waals surface area contributed by atoms with Crippen LogP contribution in [-0.4, -0.2) is 35.4 Å². The van der Waals surface area contributed by atoms with Crippen molar-refractivity contribution in [3.05, 3.63) is 48.0 Å². The van der Waals surface area contributed by atoms with Crippen molar-refractivity contribution in [1.82, 2.24) is 0 Å². The van der Waals surface area contributed by atoms with Crippen LogP contribution in [0, 0.1) is 0 Å². The molecular formula is C11H11LiO3. The van der Waals surface area contributed by atoms with Gasteiger partial charge < -0.3 is 10.6 Å². The van der Waals surface area contributed by atoms with Gasteiger partial charge in [0.25, 0.3) is 0 Å². The van der Waals surface area contributed by atoms with Gasteiger partial charge in [-0.1, -0.05) is 30.3 Å². The Hall–Kier alpha value is -1.27. The van der Waals surface area contributed by atoms with Crippen molar-refractivity contribution in [2.75, 3.05) is 0 Å². The quantitative estimate of drug-likeness (QED) is 0.695. The molecule has 0 spiro atoms. The van der Waals surface area contributed by atoms with E-state index in [9.17, 15) is 4.79 Å². The van der Waals surface area contributed by atoms with Gasteiger partial charge >= 0.3 is 24.8 Å². The summed E-state index contributed by atoms with van der Waals surface area (Å²) in [6, 6.07) is 12.7. The van der Waals surface area contributed by atoms with Gasteiger partial charge in [0, 0.05) is 0 Å². The Morgan fingerprint density at radius 2 is 1.53 bits per heavy atom. The van der Waals surface area contributed by atoms with Crippen LogP contribution in [0.25, 0.3) is 11.1 Å². The van der Waals surface area contributed by atoms with E-state index in [0.717, 1.165) is 11.1 Å². The number of carbonyl (C=O) groups is 1. The molecule has 15 heavy (non-hydrogen) atoms. The number of rotatable bonds is 1. The number of carboxylic acid groups (broad SMARTS) is 1. The molecule has 0 heterocycles. The summed E-state index contributed by atoms with van der Waals surface area (Å²) >= 11 is 0. The van der Waals surface area contributed by atoms with Crippen LogP contribution in [0.5, 0.6) is 0 Å². The summed E-state index contributed by atoms with van der Waals surface area (Å²) in [6.45, 7) is 0. The van der Waals surface area contributed by atoms with Gasteiger partial charge in [-0.05, 0) is 23.3 Å². The standard InChI is InChI=1S/C11H8O2.Li.H2O.H/c12-11(13)10-6-2-4-8-3-1-5-9(8)7-10;;;/h1-7H,(H,12,13);;1H2;.